The summed E-state index contributed by atoms with van der Waals surface area (Å²) in [5.41, 5.74) is 1.40. The second-order valence-electron chi connectivity index (χ2n) is 7.36. The van der Waals surface area contributed by atoms with Crippen LogP contribution in [0.25, 0.3) is 0 Å². The fourth-order valence-corrected chi connectivity index (χ4v) is 3.53. The number of carbonyl (C=O) groups excluding carboxylic acids is 1. The molecule has 1 aromatic rings. The highest BCUT2D eigenvalue weighted by molar-refractivity contribution is 5.75. The number of likely N-dealkylation sites (tertiary alicyclic amines) is 1. The first-order chi connectivity index (χ1) is 11.5. The molecule has 0 radical (unpaired) electrons. The third-order valence-electron chi connectivity index (χ3n) is 5.24. The lowest BCUT2D eigenvalue weighted by Gasteiger charge is -2.41. The van der Waals surface area contributed by atoms with Gasteiger partial charge in [0.15, 0.2) is 0 Å². The van der Waals surface area contributed by atoms with E-state index in [1.165, 1.54) is 18.4 Å². The molecule has 4 heteroatoms. The molecule has 1 aliphatic rings. The maximum absolute atomic E-state index is 11.7. The van der Waals surface area contributed by atoms with Gasteiger partial charge in [-0.25, -0.2) is 0 Å². The molecule has 0 saturated carbocycles. The van der Waals surface area contributed by atoms with Crippen LogP contribution >= 0.6 is 0 Å². The summed E-state index contributed by atoms with van der Waals surface area (Å²) in [5, 5.41) is 0. The first-order valence-corrected chi connectivity index (χ1v) is 9.15. The molecule has 2 unspecified atom stereocenters. The largest absolute Gasteiger partial charge is 0.349 e. The zero-order chi connectivity index (χ0) is 17.5. The van der Waals surface area contributed by atoms with Crippen molar-refractivity contribution in [2.75, 3.05) is 34.2 Å². The molecule has 1 fully saturated rings. The van der Waals surface area contributed by atoms with Crippen LogP contribution in [-0.4, -0.2) is 66.9 Å². The second kappa shape index (κ2) is 9.19. The summed E-state index contributed by atoms with van der Waals surface area (Å²) in [6.45, 7) is 5.56. The molecule has 0 N–H and O–H groups in total. The highest BCUT2D eigenvalue weighted by atomic mass is 16.2. The van der Waals surface area contributed by atoms with E-state index in [0.717, 1.165) is 26.1 Å². The van der Waals surface area contributed by atoms with Crippen molar-refractivity contribution in [1.29, 1.82) is 0 Å². The third-order valence-corrected chi connectivity index (χ3v) is 5.24. The molecule has 1 saturated heterocycles. The molecule has 1 amide bonds. The van der Waals surface area contributed by atoms with Crippen LogP contribution in [0.2, 0.25) is 0 Å². The average molecular weight is 332 g/mol. The van der Waals surface area contributed by atoms with Crippen molar-refractivity contribution in [2.45, 2.75) is 51.2 Å². The third kappa shape index (κ3) is 5.60. The number of amides is 1. The number of benzene rings is 1. The van der Waals surface area contributed by atoms with E-state index in [2.05, 4.69) is 54.1 Å². The van der Waals surface area contributed by atoms with Gasteiger partial charge >= 0.3 is 0 Å². The van der Waals surface area contributed by atoms with Crippen LogP contribution in [0.1, 0.15) is 38.2 Å². The Bertz CT molecular complexity index is 503. The monoisotopic (exact) mass is 331 g/mol. The zero-order valence-corrected chi connectivity index (χ0v) is 15.7. The van der Waals surface area contributed by atoms with Crippen LogP contribution in [0, 0.1) is 0 Å². The van der Waals surface area contributed by atoms with Crippen molar-refractivity contribution < 1.29 is 4.79 Å². The SMILES string of the molecule is CC1CC(N(C)CCCC(=O)N(C)C)CCN1Cc1ccccc1. The van der Waals surface area contributed by atoms with Crippen LogP contribution < -0.4 is 0 Å². The maximum atomic E-state index is 11.7. The minimum Gasteiger partial charge on any atom is -0.349 e. The van der Waals surface area contributed by atoms with Gasteiger partial charge in [-0.05, 0) is 45.3 Å². The molecule has 0 aromatic heterocycles. The van der Waals surface area contributed by atoms with E-state index in [9.17, 15) is 4.79 Å². The molecule has 134 valence electrons. The number of rotatable bonds is 7. The summed E-state index contributed by atoms with van der Waals surface area (Å²) in [6.07, 6.45) is 4.03. The van der Waals surface area contributed by atoms with Crippen LogP contribution in [0.5, 0.6) is 0 Å². The second-order valence-corrected chi connectivity index (χ2v) is 7.36. The first-order valence-electron chi connectivity index (χ1n) is 9.15. The van der Waals surface area contributed by atoms with E-state index < -0.39 is 0 Å². The van der Waals surface area contributed by atoms with Crippen LogP contribution in [0.15, 0.2) is 30.3 Å². The summed E-state index contributed by atoms with van der Waals surface area (Å²) in [6, 6.07) is 12.0. The Morgan fingerprint density at radius 2 is 1.92 bits per heavy atom. The number of carbonyl (C=O) groups is 1. The predicted octanol–water partition coefficient (Wildman–Crippen LogP) is 2.84. The van der Waals surface area contributed by atoms with Crippen molar-refractivity contribution in [3.05, 3.63) is 35.9 Å². The van der Waals surface area contributed by atoms with Gasteiger partial charge in [0, 0.05) is 45.7 Å². The quantitative estimate of drug-likeness (QED) is 0.769. The van der Waals surface area contributed by atoms with Crippen molar-refractivity contribution in [1.82, 2.24) is 14.7 Å². The number of piperidine rings is 1. The Hall–Kier alpha value is -1.39. The molecule has 2 atom stereocenters. The van der Waals surface area contributed by atoms with E-state index in [4.69, 9.17) is 0 Å². The smallest absolute Gasteiger partial charge is 0.222 e. The molecule has 0 bridgehead atoms. The van der Waals surface area contributed by atoms with E-state index in [0.29, 0.717) is 18.5 Å². The molecule has 1 aromatic carbocycles. The van der Waals surface area contributed by atoms with E-state index in [1.54, 1.807) is 4.90 Å². The summed E-state index contributed by atoms with van der Waals surface area (Å²) in [4.78, 5) is 18.4. The number of hydrogen-bond acceptors (Lipinski definition) is 3. The van der Waals surface area contributed by atoms with Crippen LogP contribution in [-0.2, 0) is 11.3 Å². The Balaban J connectivity index is 1.74. The first kappa shape index (κ1) is 18.9. The lowest BCUT2D eigenvalue weighted by Crippen LogP contribution is -2.47. The van der Waals surface area contributed by atoms with Gasteiger partial charge in [-0.1, -0.05) is 30.3 Å². The predicted molar refractivity (Wildman–Crippen MR) is 99.9 cm³/mol. The van der Waals surface area contributed by atoms with Gasteiger partial charge in [0.1, 0.15) is 0 Å². The lowest BCUT2D eigenvalue weighted by molar-refractivity contribution is -0.128. The minimum atomic E-state index is 0.231. The standard InChI is InChI=1S/C20H33N3O/c1-17-15-19(22(4)13-8-11-20(24)21(2)3)12-14-23(17)16-18-9-6-5-7-10-18/h5-7,9-10,17,19H,8,11-16H2,1-4H3. The molecule has 2 rings (SSSR count). The van der Waals surface area contributed by atoms with Crippen molar-refractivity contribution in [3.8, 4) is 0 Å². The number of hydrogen-bond donors (Lipinski definition) is 0. The highest BCUT2D eigenvalue weighted by Gasteiger charge is 2.27. The Morgan fingerprint density at radius 3 is 2.54 bits per heavy atom. The van der Waals surface area contributed by atoms with Gasteiger partial charge < -0.3 is 9.80 Å². The Labute approximate surface area is 147 Å². The highest BCUT2D eigenvalue weighted by Crippen LogP contribution is 2.23. The molecule has 0 aliphatic carbocycles. The van der Waals surface area contributed by atoms with Crippen molar-refractivity contribution in [3.63, 3.8) is 0 Å². The van der Waals surface area contributed by atoms with Crippen molar-refractivity contribution in [2.24, 2.45) is 0 Å². The van der Waals surface area contributed by atoms with Gasteiger partial charge in [-0.3, -0.25) is 9.69 Å². The summed E-state index contributed by atoms with van der Waals surface area (Å²) in [5.74, 6) is 0.231. The zero-order valence-electron chi connectivity index (χ0n) is 15.7. The Kier molecular flexibility index (Phi) is 7.25. The average Bonchev–Trinajstić information content (AvgIpc) is 2.57. The van der Waals surface area contributed by atoms with Gasteiger partial charge in [-0.2, -0.15) is 0 Å². The molecule has 1 heterocycles. The van der Waals surface area contributed by atoms with Gasteiger partial charge in [0.25, 0.3) is 0 Å². The molecular weight excluding hydrogens is 298 g/mol. The normalized spacial score (nSPS) is 21.9. The van der Waals surface area contributed by atoms with E-state index >= 15 is 0 Å². The van der Waals surface area contributed by atoms with E-state index in [-0.39, 0.29) is 5.91 Å². The summed E-state index contributed by atoms with van der Waals surface area (Å²) >= 11 is 0. The van der Waals surface area contributed by atoms with Gasteiger partial charge in [0.2, 0.25) is 5.91 Å². The van der Waals surface area contributed by atoms with Crippen LogP contribution in [0.4, 0.5) is 0 Å². The van der Waals surface area contributed by atoms with Crippen LogP contribution in [0.3, 0.4) is 0 Å². The van der Waals surface area contributed by atoms with Crippen molar-refractivity contribution >= 4 is 5.91 Å². The van der Waals surface area contributed by atoms with E-state index in [1.807, 2.05) is 14.1 Å². The molecule has 1 aliphatic heterocycles. The Morgan fingerprint density at radius 1 is 1.21 bits per heavy atom. The molecule has 24 heavy (non-hydrogen) atoms. The lowest BCUT2D eigenvalue weighted by atomic mass is 9.96. The van der Waals surface area contributed by atoms with Gasteiger partial charge in [-0.15, -0.1) is 0 Å². The number of nitrogens with zero attached hydrogens (tertiary/aromatic N) is 3. The fraction of sp³-hybridized carbons (Fsp3) is 0.650. The molecular formula is C20H33N3O. The maximum Gasteiger partial charge on any atom is 0.222 e. The fourth-order valence-electron chi connectivity index (χ4n) is 3.53. The van der Waals surface area contributed by atoms with Gasteiger partial charge in [0.05, 0.1) is 0 Å². The molecule has 4 nitrogen and oxygen atoms in total. The molecule has 0 spiro atoms. The summed E-state index contributed by atoms with van der Waals surface area (Å²) in [7, 11) is 5.87. The minimum absolute atomic E-state index is 0.231. The topological polar surface area (TPSA) is 26.8 Å². The summed E-state index contributed by atoms with van der Waals surface area (Å²) < 4.78 is 0.